The van der Waals surface area contributed by atoms with Gasteiger partial charge in [0.2, 0.25) is 5.36 Å². The molecule has 1 saturated heterocycles. The molecule has 1 N–H and O–H groups in total. The summed E-state index contributed by atoms with van der Waals surface area (Å²) in [6.45, 7) is 4.10. The number of hydrogen-bond acceptors (Lipinski definition) is 4. The third kappa shape index (κ3) is 3.89. The second-order valence-corrected chi connectivity index (χ2v) is 6.15. The molecule has 1 aromatic carbocycles. The van der Waals surface area contributed by atoms with Gasteiger partial charge in [-0.15, -0.1) is 12.4 Å². The Labute approximate surface area is 159 Å². The van der Waals surface area contributed by atoms with Crippen molar-refractivity contribution < 1.29 is 16.8 Å². The van der Waals surface area contributed by atoms with E-state index >= 15 is 0 Å². The van der Waals surface area contributed by atoms with Crippen LogP contribution < -0.4 is 32.6 Å². The number of benzene rings is 2. The van der Waals surface area contributed by atoms with Gasteiger partial charge in [-0.2, -0.15) is 0 Å². The van der Waals surface area contributed by atoms with Crippen LogP contribution in [-0.2, 0) is 0 Å². The van der Waals surface area contributed by atoms with Gasteiger partial charge in [0.05, 0.1) is 6.07 Å². The number of halogens is 2. The molecule has 4 rings (SSSR count). The van der Waals surface area contributed by atoms with E-state index in [0.29, 0.717) is 0 Å². The van der Waals surface area contributed by atoms with E-state index in [1.54, 1.807) is 0 Å². The number of nitrogens with one attached hydrogen (secondary N) is 1. The fraction of sp³-hybridized carbons (Fsp3) is 0.333. The highest BCUT2D eigenvalue weighted by Gasteiger charge is 2.14. The number of aromatic nitrogens is 1. The minimum absolute atomic E-state index is 0. The Morgan fingerprint density at radius 2 is 1.84 bits per heavy atom. The molecule has 1 aromatic rings. The third-order valence-electron chi connectivity index (χ3n) is 4.35. The maximum Gasteiger partial charge on any atom is 0.203 e. The van der Waals surface area contributed by atoms with Crippen molar-refractivity contribution in [3.8, 4) is 11.5 Å². The van der Waals surface area contributed by atoms with Gasteiger partial charge in [-0.3, -0.25) is 0 Å². The second-order valence-electron chi connectivity index (χ2n) is 6.15. The summed E-state index contributed by atoms with van der Waals surface area (Å²) in [5.74, 6) is 0.821. The zero-order chi connectivity index (χ0) is 15.8. The van der Waals surface area contributed by atoms with Crippen LogP contribution in [0.25, 0.3) is 22.6 Å². The lowest BCUT2D eigenvalue weighted by Gasteiger charge is -2.29. The summed E-state index contributed by atoms with van der Waals surface area (Å²) in [6, 6.07) is 12.4. The van der Waals surface area contributed by atoms with E-state index < -0.39 is 0 Å². The first kappa shape index (κ1) is 19.5. The van der Waals surface area contributed by atoms with Crippen LogP contribution in [0.2, 0.25) is 0 Å². The normalized spacial score (nSPS) is 14.1. The van der Waals surface area contributed by atoms with Crippen LogP contribution in [0.1, 0.15) is 0 Å². The van der Waals surface area contributed by atoms with Gasteiger partial charge in [-0.05, 0) is 18.2 Å². The van der Waals surface area contributed by atoms with Gasteiger partial charge in [0.1, 0.15) is 25.3 Å². The van der Waals surface area contributed by atoms with E-state index in [1.165, 1.54) is 5.69 Å². The summed E-state index contributed by atoms with van der Waals surface area (Å²) in [7, 11) is 4.05. The molecule has 0 amide bonds. The zero-order valence-electron chi connectivity index (χ0n) is 14.3. The Bertz CT molecular complexity index is 899. The highest BCUT2D eigenvalue weighted by atomic mass is 35.5. The highest BCUT2D eigenvalue weighted by Crippen LogP contribution is 2.27. The van der Waals surface area contributed by atoms with E-state index in [0.717, 1.165) is 54.1 Å². The molecule has 0 bridgehead atoms. The van der Waals surface area contributed by atoms with Gasteiger partial charge >= 0.3 is 0 Å². The van der Waals surface area contributed by atoms with E-state index in [1.807, 2.05) is 26.2 Å². The van der Waals surface area contributed by atoms with Crippen molar-refractivity contribution in [2.24, 2.45) is 0 Å². The van der Waals surface area contributed by atoms with Crippen molar-refractivity contribution in [3.63, 3.8) is 0 Å². The molecule has 0 spiro atoms. The molecule has 25 heavy (non-hydrogen) atoms. The van der Waals surface area contributed by atoms with Gasteiger partial charge < -0.3 is 27.0 Å². The molecule has 0 unspecified atom stereocenters. The Morgan fingerprint density at radius 1 is 1.08 bits per heavy atom. The van der Waals surface area contributed by atoms with E-state index in [-0.39, 0.29) is 24.8 Å². The number of fused-ring (bicyclic) bond motifs is 2. The lowest BCUT2D eigenvalue weighted by Crippen LogP contribution is -3.00. The minimum atomic E-state index is 0. The summed E-state index contributed by atoms with van der Waals surface area (Å²) >= 11 is 0. The number of rotatable bonds is 1. The lowest BCUT2D eigenvalue weighted by molar-refractivity contribution is -0.00000540. The number of anilines is 1. The monoisotopic (exact) mass is 380 g/mol. The number of nitrogens with zero attached hydrogens (tertiary/aromatic N) is 3. The molecule has 7 heteroatoms. The first-order valence-corrected chi connectivity index (χ1v) is 8.01. The van der Waals surface area contributed by atoms with E-state index in [2.05, 4.69) is 39.1 Å². The molecule has 2 heterocycles. The average molecular weight is 381 g/mol. The fourth-order valence-electron chi connectivity index (χ4n) is 3.00. The van der Waals surface area contributed by atoms with Crippen molar-refractivity contribution in [2.45, 2.75) is 0 Å². The second kappa shape index (κ2) is 8.04. The smallest absolute Gasteiger partial charge is 0.203 e. The Balaban J connectivity index is 0.00000113. The van der Waals surface area contributed by atoms with Crippen molar-refractivity contribution >= 4 is 29.2 Å². The fourth-order valence-corrected chi connectivity index (χ4v) is 3.00. The van der Waals surface area contributed by atoms with Gasteiger partial charge in [0.15, 0.2) is 11.3 Å². The summed E-state index contributed by atoms with van der Waals surface area (Å²) < 4.78 is 8.20. The number of hydrogen-bond donors (Lipinski definition) is 1. The topological polar surface area (TPSA) is 44.3 Å². The summed E-state index contributed by atoms with van der Waals surface area (Å²) in [4.78, 5) is 7.10. The summed E-state index contributed by atoms with van der Waals surface area (Å²) in [5, 5.41) is 4.49. The van der Waals surface area contributed by atoms with Crippen molar-refractivity contribution in [1.29, 1.82) is 0 Å². The van der Waals surface area contributed by atoms with Gasteiger partial charge in [0.25, 0.3) is 0 Å². The van der Waals surface area contributed by atoms with Crippen LogP contribution in [0.15, 0.2) is 40.8 Å². The van der Waals surface area contributed by atoms with Crippen LogP contribution in [0.4, 0.5) is 5.69 Å². The predicted molar refractivity (Wildman–Crippen MR) is 100 cm³/mol. The van der Waals surface area contributed by atoms with Crippen LogP contribution in [0.3, 0.4) is 0 Å². The molecule has 134 valence electrons. The molecule has 1 aliphatic carbocycles. The van der Waals surface area contributed by atoms with Crippen LogP contribution >= 0.6 is 12.4 Å². The van der Waals surface area contributed by atoms with Crippen LogP contribution in [-0.4, -0.2) is 45.3 Å². The van der Waals surface area contributed by atoms with Crippen molar-refractivity contribution in [1.82, 2.24) is 14.9 Å². The van der Waals surface area contributed by atoms with Crippen molar-refractivity contribution in [2.75, 3.05) is 45.2 Å². The quantitative estimate of drug-likeness (QED) is 0.425. The maximum atomic E-state index is 6.14. The Kier molecular flexibility index (Phi) is 6.27. The molecule has 0 saturated carbocycles. The van der Waals surface area contributed by atoms with Gasteiger partial charge in [-0.25, -0.2) is 9.56 Å². The van der Waals surface area contributed by atoms with E-state index in [4.69, 9.17) is 9.40 Å². The molecular weight excluding hydrogens is 359 g/mol. The van der Waals surface area contributed by atoms with Crippen LogP contribution in [0, 0.1) is 0 Å². The minimum Gasteiger partial charge on any atom is -1.00 e. The molecule has 0 radical (unpaired) electrons. The lowest BCUT2D eigenvalue weighted by atomic mass is 10.2. The summed E-state index contributed by atoms with van der Waals surface area (Å²) in [5.41, 5.74) is 3.82. The van der Waals surface area contributed by atoms with Crippen LogP contribution in [0.5, 0.6) is 0 Å². The van der Waals surface area contributed by atoms with Gasteiger partial charge in [0, 0.05) is 44.0 Å². The largest absolute Gasteiger partial charge is 1.00 e. The molecule has 0 aromatic heterocycles. The standard InChI is InChI=1S/C18H21N4O.2ClH/c1-21(2)13-3-5-15-17(11-13)23-18-12-14(4-6-16(18)20-15)22-9-7-19-8-10-22;;/h3-6,11-12,19H,7-10H2,1-2H3;2*1H/q+1;;/p-1. The molecule has 5 nitrogen and oxygen atoms in total. The third-order valence-corrected chi connectivity index (χ3v) is 4.35. The van der Waals surface area contributed by atoms with E-state index in [9.17, 15) is 0 Å². The Morgan fingerprint density at radius 3 is 2.56 bits per heavy atom. The first-order valence-electron chi connectivity index (χ1n) is 8.01. The maximum absolute atomic E-state index is 6.14. The Hall–Kier alpha value is -1.82. The van der Waals surface area contributed by atoms with Gasteiger partial charge in [-0.1, -0.05) is 0 Å². The SMILES string of the molecule is C[N+](C)=c1ccc2nc3ccc(N4CCNCC4)cc3oc-2c1.Cl.[Cl-]. The first-order chi connectivity index (χ1) is 11.2. The molecule has 0 atom stereocenters. The highest BCUT2D eigenvalue weighted by molar-refractivity contribution is 5.85. The average Bonchev–Trinajstić information content (AvgIpc) is 2.59. The molecule has 2 aliphatic heterocycles. The predicted octanol–water partition coefficient (Wildman–Crippen LogP) is -1.20. The number of piperazine rings is 1. The summed E-state index contributed by atoms with van der Waals surface area (Å²) in [6.07, 6.45) is 0. The zero-order valence-corrected chi connectivity index (χ0v) is 15.9. The molecular formula is C18H22Cl2N4O. The molecule has 1 fully saturated rings. The van der Waals surface area contributed by atoms with Crippen molar-refractivity contribution in [3.05, 3.63) is 41.8 Å². The molecule has 3 aliphatic rings.